The molecule has 20 heavy (non-hydrogen) atoms. The first-order valence-corrected chi connectivity index (χ1v) is 7.89. The lowest BCUT2D eigenvalue weighted by Crippen LogP contribution is -2.22. The first-order valence-electron chi connectivity index (χ1n) is 7.01. The van der Waals surface area contributed by atoms with Crippen molar-refractivity contribution < 1.29 is 4.74 Å². The molecule has 0 saturated carbocycles. The minimum absolute atomic E-state index is 0.226. The van der Waals surface area contributed by atoms with E-state index in [0.29, 0.717) is 12.5 Å². The number of methoxy groups -OCH3 is 1. The topological polar surface area (TPSA) is 47.0 Å². The van der Waals surface area contributed by atoms with Gasteiger partial charge >= 0.3 is 0 Å². The van der Waals surface area contributed by atoms with Crippen molar-refractivity contribution in [2.75, 3.05) is 19.0 Å². The summed E-state index contributed by atoms with van der Waals surface area (Å²) in [7, 11) is 1.72. The van der Waals surface area contributed by atoms with E-state index in [4.69, 9.17) is 4.74 Å². The summed E-state index contributed by atoms with van der Waals surface area (Å²) >= 11 is 1.70. The highest BCUT2D eigenvalue weighted by atomic mass is 32.1. The summed E-state index contributed by atoms with van der Waals surface area (Å²) in [6, 6.07) is 0.226. The Morgan fingerprint density at radius 3 is 2.70 bits per heavy atom. The van der Waals surface area contributed by atoms with Crippen LogP contribution in [-0.4, -0.2) is 29.7 Å². The van der Waals surface area contributed by atoms with Gasteiger partial charge in [0.1, 0.15) is 16.5 Å². The number of ether oxygens (including phenoxy) is 1. The summed E-state index contributed by atoms with van der Waals surface area (Å²) in [5.74, 6) is 2.37. The van der Waals surface area contributed by atoms with Crippen molar-refractivity contribution in [3.8, 4) is 0 Å². The molecule has 0 spiro atoms. The Morgan fingerprint density at radius 1 is 1.30 bits per heavy atom. The molecule has 1 N–H and O–H groups in total. The van der Waals surface area contributed by atoms with Gasteiger partial charge in [0.15, 0.2) is 0 Å². The quantitative estimate of drug-likeness (QED) is 0.883. The number of fused-ring (bicyclic) bond motifs is 1. The zero-order chi connectivity index (χ0) is 14.7. The average Bonchev–Trinajstić information content (AvgIpc) is 2.71. The van der Waals surface area contributed by atoms with E-state index >= 15 is 0 Å². The maximum absolute atomic E-state index is 5.19. The van der Waals surface area contributed by atoms with Crippen LogP contribution in [0.5, 0.6) is 0 Å². The molecule has 2 aromatic rings. The van der Waals surface area contributed by atoms with Gasteiger partial charge in [-0.2, -0.15) is 0 Å². The highest BCUT2D eigenvalue weighted by Gasteiger charge is 2.15. The predicted molar refractivity (Wildman–Crippen MR) is 85.7 cm³/mol. The standard InChI is InChI=1S/C15H23N3OS/c1-9(2)6-12-8-20-15-13(12)14(17-11(4)18-15)16-10(3)7-19-5/h8-10H,6-7H2,1-5H3,(H,16,17,18). The van der Waals surface area contributed by atoms with Gasteiger partial charge in [-0.15, -0.1) is 11.3 Å². The number of aromatic nitrogens is 2. The Balaban J connectivity index is 2.42. The molecule has 0 aromatic carbocycles. The van der Waals surface area contributed by atoms with Gasteiger partial charge < -0.3 is 10.1 Å². The van der Waals surface area contributed by atoms with Gasteiger partial charge in [-0.3, -0.25) is 0 Å². The van der Waals surface area contributed by atoms with Crippen LogP contribution in [0.25, 0.3) is 10.2 Å². The number of hydrogen-bond acceptors (Lipinski definition) is 5. The van der Waals surface area contributed by atoms with Gasteiger partial charge in [0.05, 0.1) is 12.0 Å². The Kier molecular flexibility index (Phi) is 4.94. The van der Waals surface area contributed by atoms with Crippen molar-refractivity contribution in [2.24, 2.45) is 5.92 Å². The van der Waals surface area contributed by atoms with Crippen LogP contribution in [0.15, 0.2) is 5.38 Å². The molecule has 0 aliphatic carbocycles. The third kappa shape index (κ3) is 3.46. The highest BCUT2D eigenvalue weighted by molar-refractivity contribution is 7.17. The van der Waals surface area contributed by atoms with E-state index in [9.17, 15) is 0 Å². The predicted octanol–water partition coefficient (Wildman–Crippen LogP) is 3.65. The maximum Gasteiger partial charge on any atom is 0.139 e. The van der Waals surface area contributed by atoms with Crippen molar-refractivity contribution in [1.82, 2.24) is 9.97 Å². The van der Waals surface area contributed by atoms with Gasteiger partial charge in [0, 0.05) is 13.2 Å². The minimum Gasteiger partial charge on any atom is -0.383 e. The zero-order valence-electron chi connectivity index (χ0n) is 12.9. The van der Waals surface area contributed by atoms with Crippen LogP contribution in [0.2, 0.25) is 0 Å². The number of aryl methyl sites for hydroxylation is 1. The molecule has 0 aliphatic rings. The largest absolute Gasteiger partial charge is 0.383 e. The number of anilines is 1. The van der Waals surface area contributed by atoms with Crippen molar-refractivity contribution in [3.63, 3.8) is 0 Å². The zero-order valence-corrected chi connectivity index (χ0v) is 13.7. The van der Waals surface area contributed by atoms with Gasteiger partial charge in [-0.05, 0) is 37.1 Å². The fraction of sp³-hybridized carbons (Fsp3) is 0.600. The second kappa shape index (κ2) is 6.50. The van der Waals surface area contributed by atoms with Crippen molar-refractivity contribution >= 4 is 27.4 Å². The SMILES string of the molecule is COCC(C)Nc1nc(C)nc2scc(CC(C)C)c12. The van der Waals surface area contributed by atoms with Crippen molar-refractivity contribution in [1.29, 1.82) is 0 Å². The molecule has 4 nitrogen and oxygen atoms in total. The Morgan fingerprint density at radius 2 is 2.05 bits per heavy atom. The normalized spacial score (nSPS) is 13.1. The van der Waals surface area contributed by atoms with Gasteiger partial charge in [0.25, 0.3) is 0 Å². The first kappa shape index (κ1) is 15.2. The van der Waals surface area contributed by atoms with E-state index in [-0.39, 0.29) is 6.04 Å². The second-order valence-electron chi connectivity index (χ2n) is 5.66. The van der Waals surface area contributed by atoms with Crippen molar-refractivity contribution in [2.45, 2.75) is 40.2 Å². The number of thiophene rings is 1. The third-order valence-electron chi connectivity index (χ3n) is 3.05. The molecule has 110 valence electrons. The summed E-state index contributed by atoms with van der Waals surface area (Å²) in [5.41, 5.74) is 1.34. The molecule has 5 heteroatoms. The first-order chi connectivity index (χ1) is 9.51. The van der Waals surface area contributed by atoms with E-state index in [2.05, 4.69) is 41.4 Å². The van der Waals surface area contributed by atoms with E-state index in [1.54, 1.807) is 18.4 Å². The Labute approximate surface area is 124 Å². The van der Waals surface area contributed by atoms with Crippen LogP contribution in [0.4, 0.5) is 5.82 Å². The van der Waals surface area contributed by atoms with Gasteiger partial charge in [-0.1, -0.05) is 13.8 Å². The maximum atomic E-state index is 5.19. The molecule has 0 saturated heterocycles. The highest BCUT2D eigenvalue weighted by Crippen LogP contribution is 2.31. The molecule has 0 bridgehead atoms. The summed E-state index contributed by atoms with van der Waals surface area (Å²) in [6.07, 6.45) is 1.06. The lowest BCUT2D eigenvalue weighted by molar-refractivity contribution is 0.190. The summed E-state index contributed by atoms with van der Waals surface area (Å²) in [5, 5.41) is 6.85. The number of nitrogens with zero attached hydrogens (tertiary/aromatic N) is 2. The lowest BCUT2D eigenvalue weighted by Gasteiger charge is -2.15. The third-order valence-corrected chi connectivity index (χ3v) is 3.97. The van der Waals surface area contributed by atoms with Crippen LogP contribution >= 0.6 is 11.3 Å². The van der Waals surface area contributed by atoms with Crippen LogP contribution in [-0.2, 0) is 11.2 Å². The molecule has 0 amide bonds. The summed E-state index contributed by atoms with van der Waals surface area (Å²) in [4.78, 5) is 10.2. The molecular weight excluding hydrogens is 270 g/mol. The molecular formula is C15H23N3OS. The fourth-order valence-electron chi connectivity index (χ4n) is 2.33. The molecule has 2 heterocycles. The van der Waals surface area contributed by atoms with Gasteiger partial charge in [-0.25, -0.2) is 9.97 Å². The van der Waals surface area contributed by atoms with Crippen LogP contribution in [0.3, 0.4) is 0 Å². The van der Waals surface area contributed by atoms with Crippen LogP contribution in [0, 0.1) is 12.8 Å². The fourth-order valence-corrected chi connectivity index (χ4v) is 3.33. The van der Waals surface area contributed by atoms with E-state index in [1.807, 2.05) is 6.92 Å². The average molecular weight is 293 g/mol. The molecule has 1 atom stereocenters. The molecule has 0 aliphatic heterocycles. The monoisotopic (exact) mass is 293 g/mol. The van der Waals surface area contributed by atoms with E-state index in [0.717, 1.165) is 22.9 Å². The molecule has 1 unspecified atom stereocenters. The molecule has 0 fully saturated rings. The van der Waals surface area contributed by atoms with Crippen molar-refractivity contribution in [3.05, 3.63) is 16.8 Å². The van der Waals surface area contributed by atoms with Crippen LogP contribution < -0.4 is 5.32 Å². The summed E-state index contributed by atoms with van der Waals surface area (Å²) < 4.78 is 5.19. The summed E-state index contributed by atoms with van der Waals surface area (Å²) in [6.45, 7) is 9.17. The number of hydrogen-bond donors (Lipinski definition) is 1. The number of rotatable bonds is 6. The van der Waals surface area contributed by atoms with E-state index < -0.39 is 0 Å². The Bertz CT molecular complexity index is 580. The lowest BCUT2D eigenvalue weighted by atomic mass is 10.0. The smallest absolute Gasteiger partial charge is 0.139 e. The van der Waals surface area contributed by atoms with Gasteiger partial charge in [0.2, 0.25) is 0 Å². The second-order valence-corrected chi connectivity index (χ2v) is 6.52. The minimum atomic E-state index is 0.226. The molecule has 2 aromatic heterocycles. The Hall–Kier alpha value is -1.20. The van der Waals surface area contributed by atoms with Crippen LogP contribution in [0.1, 0.15) is 32.2 Å². The molecule has 0 radical (unpaired) electrons. The molecule has 2 rings (SSSR count). The van der Waals surface area contributed by atoms with E-state index in [1.165, 1.54) is 10.9 Å². The number of nitrogens with one attached hydrogen (secondary N) is 1.